The molecular weight excluding hydrogens is 262 g/mol. The van der Waals surface area contributed by atoms with Crippen LogP contribution in [0.15, 0.2) is 24.3 Å². The van der Waals surface area contributed by atoms with Crippen molar-refractivity contribution in [3.8, 4) is 11.4 Å². The lowest BCUT2D eigenvalue weighted by Gasteiger charge is -2.30. The fraction of sp³-hybridized carbons (Fsp3) is 0.562. The highest BCUT2D eigenvalue weighted by Crippen LogP contribution is 2.36. The normalized spacial score (nSPS) is 17.8. The number of nitrogens with zero attached hydrogens (tertiary/aromatic N) is 4. The van der Waals surface area contributed by atoms with Gasteiger partial charge in [-0.2, -0.15) is 0 Å². The summed E-state index contributed by atoms with van der Waals surface area (Å²) in [5.41, 5.74) is 7.75. The van der Waals surface area contributed by atoms with Crippen molar-refractivity contribution in [2.45, 2.75) is 51.5 Å². The van der Waals surface area contributed by atoms with Crippen molar-refractivity contribution >= 4 is 5.69 Å². The Labute approximate surface area is 125 Å². The van der Waals surface area contributed by atoms with Gasteiger partial charge in [0, 0.05) is 11.3 Å². The second-order valence-corrected chi connectivity index (χ2v) is 5.91. The van der Waals surface area contributed by atoms with E-state index >= 15 is 0 Å². The molecule has 1 heterocycles. The molecular formula is C16H23N5. The van der Waals surface area contributed by atoms with Crippen molar-refractivity contribution in [1.82, 2.24) is 20.2 Å². The molecule has 1 aliphatic carbocycles. The summed E-state index contributed by atoms with van der Waals surface area (Å²) in [7, 11) is 0. The van der Waals surface area contributed by atoms with E-state index in [1.54, 1.807) is 0 Å². The first-order valence-electron chi connectivity index (χ1n) is 7.94. The maximum absolute atomic E-state index is 6.09. The van der Waals surface area contributed by atoms with Crippen LogP contribution in [0.25, 0.3) is 11.4 Å². The molecule has 1 saturated carbocycles. The second kappa shape index (κ2) is 6.24. The molecule has 0 radical (unpaired) electrons. The number of anilines is 1. The SMILES string of the molecule is CCC(C1CCCCC1)n1nnnc1-c1ccccc1N. The molecule has 3 rings (SSSR count). The number of para-hydroxylation sites is 1. The predicted octanol–water partition coefficient (Wildman–Crippen LogP) is 3.45. The van der Waals surface area contributed by atoms with Gasteiger partial charge in [-0.05, 0) is 47.7 Å². The number of aromatic nitrogens is 4. The van der Waals surface area contributed by atoms with Crippen LogP contribution in [-0.2, 0) is 0 Å². The van der Waals surface area contributed by atoms with Gasteiger partial charge in [-0.15, -0.1) is 5.10 Å². The molecule has 0 saturated heterocycles. The van der Waals surface area contributed by atoms with Crippen LogP contribution in [0.2, 0.25) is 0 Å². The quantitative estimate of drug-likeness (QED) is 0.873. The minimum Gasteiger partial charge on any atom is -0.398 e. The average Bonchev–Trinajstić information content (AvgIpc) is 2.99. The summed E-state index contributed by atoms with van der Waals surface area (Å²) >= 11 is 0. The first kappa shape index (κ1) is 14.0. The van der Waals surface area contributed by atoms with E-state index in [-0.39, 0.29) is 0 Å². The zero-order valence-corrected chi connectivity index (χ0v) is 12.6. The van der Waals surface area contributed by atoms with E-state index in [9.17, 15) is 0 Å². The standard InChI is InChI=1S/C16H23N5/c1-2-15(12-8-4-3-5-9-12)21-16(18-19-20-21)13-10-6-7-11-14(13)17/h6-7,10-12,15H,2-5,8-9,17H2,1H3. The highest BCUT2D eigenvalue weighted by atomic mass is 15.5. The first-order chi connectivity index (χ1) is 10.3. The molecule has 112 valence electrons. The topological polar surface area (TPSA) is 69.6 Å². The fourth-order valence-corrected chi connectivity index (χ4v) is 3.52. The van der Waals surface area contributed by atoms with Gasteiger partial charge in [-0.3, -0.25) is 0 Å². The third kappa shape index (κ3) is 2.77. The average molecular weight is 285 g/mol. The molecule has 1 unspecified atom stereocenters. The molecule has 1 fully saturated rings. The summed E-state index contributed by atoms with van der Waals surface area (Å²) in [5, 5.41) is 12.4. The van der Waals surface area contributed by atoms with Gasteiger partial charge in [0.15, 0.2) is 5.82 Å². The molecule has 0 amide bonds. The minimum atomic E-state index is 0.370. The summed E-state index contributed by atoms with van der Waals surface area (Å²) in [4.78, 5) is 0. The summed E-state index contributed by atoms with van der Waals surface area (Å²) < 4.78 is 2.00. The van der Waals surface area contributed by atoms with Crippen LogP contribution < -0.4 is 5.73 Å². The Balaban J connectivity index is 1.95. The smallest absolute Gasteiger partial charge is 0.184 e. The molecule has 0 spiro atoms. The summed E-state index contributed by atoms with van der Waals surface area (Å²) in [5.74, 6) is 1.47. The van der Waals surface area contributed by atoms with Crippen molar-refractivity contribution in [3.63, 3.8) is 0 Å². The lowest BCUT2D eigenvalue weighted by atomic mass is 9.83. The van der Waals surface area contributed by atoms with E-state index in [1.165, 1.54) is 32.1 Å². The third-order valence-corrected chi connectivity index (χ3v) is 4.62. The van der Waals surface area contributed by atoms with Crippen LogP contribution in [0.1, 0.15) is 51.5 Å². The summed E-state index contributed by atoms with van der Waals surface area (Å²) in [6.07, 6.45) is 7.62. The molecule has 5 nitrogen and oxygen atoms in total. The molecule has 1 atom stereocenters. The van der Waals surface area contributed by atoms with Gasteiger partial charge in [0.1, 0.15) is 0 Å². The molecule has 0 aliphatic heterocycles. The molecule has 2 N–H and O–H groups in total. The largest absolute Gasteiger partial charge is 0.398 e. The van der Waals surface area contributed by atoms with Crippen LogP contribution >= 0.6 is 0 Å². The number of rotatable bonds is 4. The number of tetrazole rings is 1. The van der Waals surface area contributed by atoms with Gasteiger partial charge < -0.3 is 5.73 Å². The van der Waals surface area contributed by atoms with E-state index in [4.69, 9.17) is 5.73 Å². The van der Waals surface area contributed by atoms with Gasteiger partial charge in [-0.25, -0.2) is 4.68 Å². The van der Waals surface area contributed by atoms with Crippen molar-refractivity contribution in [2.75, 3.05) is 5.73 Å². The lowest BCUT2D eigenvalue weighted by molar-refractivity contribution is 0.228. The molecule has 1 aromatic carbocycles. The van der Waals surface area contributed by atoms with Crippen LogP contribution in [0.3, 0.4) is 0 Å². The van der Waals surface area contributed by atoms with Crippen LogP contribution in [0, 0.1) is 5.92 Å². The second-order valence-electron chi connectivity index (χ2n) is 5.91. The van der Waals surface area contributed by atoms with E-state index < -0.39 is 0 Å². The summed E-state index contributed by atoms with van der Waals surface area (Å²) in [6.45, 7) is 2.22. The number of hydrogen-bond acceptors (Lipinski definition) is 4. The van der Waals surface area contributed by atoms with E-state index in [0.717, 1.165) is 23.5 Å². The Morgan fingerprint density at radius 3 is 2.71 bits per heavy atom. The molecule has 21 heavy (non-hydrogen) atoms. The number of nitrogens with two attached hydrogens (primary N) is 1. The fourth-order valence-electron chi connectivity index (χ4n) is 3.52. The van der Waals surface area contributed by atoms with E-state index in [1.807, 2.05) is 28.9 Å². The van der Waals surface area contributed by atoms with Crippen molar-refractivity contribution in [3.05, 3.63) is 24.3 Å². The van der Waals surface area contributed by atoms with Gasteiger partial charge >= 0.3 is 0 Å². The van der Waals surface area contributed by atoms with Crippen LogP contribution in [0.5, 0.6) is 0 Å². The van der Waals surface area contributed by atoms with Gasteiger partial charge in [0.25, 0.3) is 0 Å². The Morgan fingerprint density at radius 1 is 1.24 bits per heavy atom. The van der Waals surface area contributed by atoms with E-state index in [0.29, 0.717) is 12.0 Å². The monoisotopic (exact) mass is 285 g/mol. The Kier molecular flexibility index (Phi) is 4.18. The highest BCUT2D eigenvalue weighted by Gasteiger charge is 2.27. The highest BCUT2D eigenvalue weighted by molar-refractivity contribution is 5.71. The van der Waals surface area contributed by atoms with Gasteiger partial charge in [0.2, 0.25) is 0 Å². The Morgan fingerprint density at radius 2 is 2.00 bits per heavy atom. The number of nitrogen functional groups attached to an aromatic ring is 1. The lowest BCUT2D eigenvalue weighted by Crippen LogP contribution is -2.23. The summed E-state index contributed by atoms with van der Waals surface area (Å²) in [6, 6.07) is 8.17. The zero-order valence-electron chi connectivity index (χ0n) is 12.6. The van der Waals surface area contributed by atoms with Crippen molar-refractivity contribution in [2.24, 2.45) is 5.92 Å². The Bertz CT molecular complexity index is 586. The Hall–Kier alpha value is -1.91. The van der Waals surface area contributed by atoms with E-state index in [2.05, 4.69) is 22.4 Å². The molecule has 2 aromatic rings. The number of benzene rings is 1. The van der Waals surface area contributed by atoms with Crippen LogP contribution in [0.4, 0.5) is 5.69 Å². The molecule has 0 bridgehead atoms. The van der Waals surface area contributed by atoms with Crippen molar-refractivity contribution < 1.29 is 0 Å². The van der Waals surface area contributed by atoms with Crippen LogP contribution in [-0.4, -0.2) is 20.2 Å². The minimum absolute atomic E-state index is 0.370. The zero-order chi connectivity index (χ0) is 14.7. The van der Waals surface area contributed by atoms with Crippen molar-refractivity contribution in [1.29, 1.82) is 0 Å². The molecule has 5 heteroatoms. The molecule has 1 aliphatic rings. The van der Waals surface area contributed by atoms with Gasteiger partial charge in [-0.1, -0.05) is 38.3 Å². The van der Waals surface area contributed by atoms with Gasteiger partial charge in [0.05, 0.1) is 6.04 Å². The third-order valence-electron chi connectivity index (χ3n) is 4.62. The number of hydrogen-bond donors (Lipinski definition) is 1. The maximum Gasteiger partial charge on any atom is 0.184 e. The maximum atomic E-state index is 6.09. The predicted molar refractivity (Wildman–Crippen MR) is 83.6 cm³/mol. The molecule has 1 aromatic heterocycles. The first-order valence-corrected chi connectivity index (χ1v) is 7.94.